The Hall–Kier alpha value is -3.12. The first kappa shape index (κ1) is 21.6. The van der Waals surface area contributed by atoms with Crippen molar-refractivity contribution in [1.29, 1.82) is 0 Å². The molecule has 6 nitrogen and oxygen atoms in total. The SMILES string of the molecule is O=C(O)CCCCCN1C(=O)C(=O)C(=C(O)c2ccccc2)[C@H]1c1ccccc1Cl. The smallest absolute Gasteiger partial charge is 0.303 e. The fourth-order valence-electron chi connectivity index (χ4n) is 3.62. The number of carboxylic acids is 1. The number of carbonyl (C=O) groups is 3. The summed E-state index contributed by atoms with van der Waals surface area (Å²) in [4.78, 5) is 37.8. The number of hydrogen-bond donors (Lipinski definition) is 2. The number of benzene rings is 2. The quantitative estimate of drug-likeness (QED) is 0.281. The van der Waals surface area contributed by atoms with Crippen LogP contribution < -0.4 is 0 Å². The molecule has 1 aliphatic heterocycles. The molecule has 2 aromatic carbocycles. The minimum Gasteiger partial charge on any atom is -0.507 e. The first-order valence-corrected chi connectivity index (χ1v) is 10.1. The van der Waals surface area contributed by atoms with Gasteiger partial charge in [0.1, 0.15) is 5.76 Å². The number of carboxylic acid groups (broad SMARTS) is 1. The highest BCUT2D eigenvalue weighted by atomic mass is 35.5. The number of halogens is 1. The maximum absolute atomic E-state index is 12.9. The van der Waals surface area contributed by atoms with E-state index < -0.39 is 23.7 Å². The van der Waals surface area contributed by atoms with Crippen molar-refractivity contribution in [2.45, 2.75) is 31.7 Å². The predicted octanol–water partition coefficient (Wildman–Crippen LogP) is 4.41. The minimum absolute atomic E-state index is 0.00448. The van der Waals surface area contributed by atoms with E-state index in [1.807, 2.05) is 0 Å². The van der Waals surface area contributed by atoms with Crippen LogP contribution in [0.15, 0.2) is 60.2 Å². The molecule has 0 aromatic heterocycles. The Bertz CT molecular complexity index is 986. The standard InChI is InChI=1S/C23H22ClNO5/c24-17-12-7-6-11-16(17)20-19(21(28)15-9-3-1-4-10-15)22(29)23(30)25(20)14-8-2-5-13-18(26)27/h1,3-4,6-7,9-12,20,28H,2,5,8,13-14H2,(H,26,27)/t20-/m1/s1. The molecule has 0 aliphatic carbocycles. The number of Topliss-reactive ketones (excluding diaryl/α,β-unsaturated/α-hetero) is 1. The number of aliphatic hydroxyl groups excluding tert-OH is 1. The van der Waals surface area contributed by atoms with Crippen LogP contribution in [0.3, 0.4) is 0 Å². The normalized spacial score (nSPS) is 18.0. The maximum atomic E-state index is 12.9. The monoisotopic (exact) mass is 427 g/mol. The average molecular weight is 428 g/mol. The van der Waals surface area contributed by atoms with Gasteiger partial charge in [0.15, 0.2) is 0 Å². The Morgan fingerprint density at radius 2 is 1.60 bits per heavy atom. The molecule has 1 saturated heterocycles. The van der Waals surface area contributed by atoms with Gasteiger partial charge >= 0.3 is 5.97 Å². The zero-order valence-electron chi connectivity index (χ0n) is 16.3. The summed E-state index contributed by atoms with van der Waals surface area (Å²) in [6.07, 6.45) is 1.68. The summed E-state index contributed by atoms with van der Waals surface area (Å²) in [5, 5.41) is 20.0. The number of ketones is 1. The van der Waals surface area contributed by atoms with Crippen LogP contribution in [0.25, 0.3) is 5.76 Å². The third-order valence-corrected chi connectivity index (χ3v) is 5.42. The van der Waals surface area contributed by atoms with E-state index >= 15 is 0 Å². The number of likely N-dealkylation sites (tertiary alicyclic amines) is 1. The van der Waals surface area contributed by atoms with Gasteiger partial charge in [0, 0.05) is 23.6 Å². The molecule has 0 spiro atoms. The van der Waals surface area contributed by atoms with E-state index in [1.165, 1.54) is 4.90 Å². The number of amides is 1. The van der Waals surface area contributed by atoms with Crippen LogP contribution in [0.2, 0.25) is 5.02 Å². The van der Waals surface area contributed by atoms with Gasteiger partial charge in [-0.15, -0.1) is 0 Å². The van der Waals surface area contributed by atoms with E-state index in [0.29, 0.717) is 35.4 Å². The molecule has 1 heterocycles. The van der Waals surface area contributed by atoms with Gasteiger partial charge in [-0.2, -0.15) is 0 Å². The van der Waals surface area contributed by atoms with Crippen LogP contribution in [0, 0.1) is 0 Å². The van der Waals surface area contributed by atoms with Gasteiger partial charge < -0.3 is 15.1 Å². The Kier molecular flexibility index (Phi) is 6.90. The number of carbonyl (C=O) groups excluding carboxylic acids is 2. The van der Waals surface area contributed by atoms with Crippen LogP contribution in [0.5, 0.6) is 0 Å². The Morgan fingerprint density at radius 1 is 0.933 bits per heavy atom. The van der Waals surface area contributed by atoms with Gasteiger partial charge in [-0.3, -0.25) is 14.4 Å². The lowest BCUT2D eigenvalue weighted by molar-refractivity contribution is -0.140. The molecule has 2 aromatic rings. The highest BCUT2D eigenvalue weighted by Crippen LogP contribution is 2.41. The third kappa shape index (κ3) is 4.54. The maximum Gasteiger partial charge on any atom is 0.303 e. The van der Waals surface area contributed by atoms with Crippen molar-refractivity contribution in [3.05, 3.63) is 76.3 Å². The van der Waals surface area contributed by atoms with Crippen LogP contribution in [-0.4, -0.2) is 39.3 Å². The number of rotatable bonds is 8. The highest BCUT2D eigenvalue weighted by Gasteiger charge is 2.46. The molecule has 156 valence electrons. The summed E-state index contributed by atoms with van der Waals surface area (Å²) < 4.78 is 0. The minimum atomic E-state index is -0.866. The van der Waals surface area contributed by atoms with E-state index in [2.05, 4.69) is 0 Å². The van der Waals surface area contributed by atoms with E-state index in [-0.39, 0.29) is 24.3 Å². The molecule has 0 radical (unpaired) electrons. The molecule has 1 fully saturated rings. The Balaban J connectivity index is 1.98. The molecule has 7 heteroatoms. The molecule has 1 atom stereocenters. The summed E-state index contributed by atoms with van der Waals surface area (Å²) in [7, 11) is 0. The summed E-state index contributed by atoms with van der Waals surface area (Å²) >= 11 is 6.38. The van der Waals surface area contributed by atoms with E-state index in [0.717, 1.165) is 0 Å². The Morgan fingerprint density at radius 3 is 2.27 bits per heavy atom. The van der Waals surface area contributed by atoms with E-state index in [4.69, 9.17) is 16.7 Å². The van der Waals surface area contributed by atoms with Crippen molar-refractivity contribution in [3.8, 4) is 0 Å². The summed E-state index contributed by atoms with van der Waals surface area (Å²) in [6.45, 7) is 0.256. The molecule has 1 amide bonds. The summed E-state index contributed by atoms with van der Waals surface area (Å²) in [5.41, 5.74) is 1.00. The lowest BCUT2D eigenvalue weighted by atomic mass is 9.95. The van der Waals surface area contributed by atoms with Gasteiger partial charge in [-0.1, -0.05) is 66.6 Å². The van der Waals surface area contributed by atoms with Crippen molar-refractivity contribution >= 4 is 35.0 Å². The fourth-order valence-corrected chi connectivity index (χ4v) is 3.86. The van der Waals surface area contributed by atoms with Crippen molar-refractivity contribution < 1.29 is 24.6 Å². The Labute approximate surface area is 179 Å². The molecule has 3 rings (SSSR count). The topological polar surface area (TPSA) is 94.9 Å². The zero-order chi connectivity index (χ0) is 21.7. The molecular formula is C23H22ClNO5. The lowest BCUT2D eigenvalue weighted by Crippen LogP contribution is -2.30. The third-order valence-electron chi connectivity index (χ3n) is 5.08. The van der Waals surface area contributed by atoms with E-state index in [1.54, 1.807) is 54.6 Å². The number of unbranched alkanes of at least 4 members (excludes halogenated alkanes) is 2. The first-order valence-electron chi connectivity index (χ1n) is 9.72. The zero-order valence-corrected chi connectivity index (χ0v) is 17.0. The largest absolute Gasteiger partial charge is 0.507 e. The first-order chi connectivity index (χ1) is 14.4. The van der Waals surface area contributed by atoms with Crippen molar-refractivity contribution in [1.82, 2.24) is 4.90 Å². The lowest BCUT2D eigenvalue weighted by Gasteiger charge is -2.26. The summed E-state index contributed by atoms with van der Waals surface area (Å²) in [5.74, 6) is -2.57. The van der Waals surface area contributed by atoms with Crippen molar-refractivity contribution in [3.63, 3.8) is 0 Å². The van der Waals surface area contributed by atoms with Gasteiger partial charge in [-0.25, -0.2) is 0 Å². The van der Waals surface area contributed by atoms with E-state index in [9.17, 15) is 19.5 Å². The number of aliphatic carboxylic acids is 1. The molecule has 1 aliphatic rings. The molecule has 0 bridgehead atoms. The molecule has 2 N–H and O–H groups in total. The number of aliphatic hydroxyl groups is 1. The summed E-state index contributed by atoms with van der Waals surface area (Å²) in [6, 6.07) is 14.7. The molecule has 0 saturated carbocycles. The highest BCUT2D eigenvalue weighted by molar-refractivity contribution is 6.47. The van der Waals surface area contributed by atoms with Crippen LogP contribution in [0.1, 0.15) is 42.9 Å². The second-order valence-electron chi connectivity index (χ2n) is 7.08. The van der Waals surface area contributed by atoms with Crippen LogP contribution >= 0.6 is 11.6 Å². The van der Waals surface area contributed by atoms with Crippen LogP contribution in [0.4, 0.5) is 0 Å². The number of nitrogens with zero attached hydrogens (tertiary/aromatic N) is 1. The van der Waals surface area contributed by atoms with Gasteiger partial charge in [0.05, 0.1) is 11.6 Å². The molecule has 30 heavy (non-hydrogen) atoms. The van der Waals surface area contributed by atoms with Crippen LogP contribution in [-0.2, 0) is 14.4 Å². The van der Waals surface area contributed by atoms with Gasteiger partial charge in [0.2, 0.25) is 0 Å². The van der Waals surface area contributed by atoms with Crippen molar-refractivity contribution in [2.75, 3.05) is 6.54 Å². The van der Waals surface area contributed by atoms with Gasteiger partial charge in [0.25, 0.3) is 11.7 Å². The fraction of sp³-hybridized carbons (Fsp3) is 0.261. The average Bonchev–Trinajstić information content (AvgIpc) is 2.98. The molecule has 0 unspecified atom stereocenters. The van der Waals surface area contributed by atoms with Gasteiger partial charge in [-0.05, 0) is 24.5 Å². The number of hydrogen-bond acceptors (Lipinski definition) is 4. The second-order valence-corrected chi connectivity index (χ2v) is 7.49. The van der Waals surface area contributed by atoms with Crippen molar-refractivity contribution in [2.24, 2.45) is 0 Å². The molecular weight excluding hydrogens is 406 g/mol. The predicted molar refractivity (Wildman–Crippen MR) is 113 cm³/mol. The second kappa shape index (κ2) is 9.59.